The standard InChI is InChI=1S/C25H30O6/c1-15(2)5-4-6-16(3)7-13-19-22(28)21(24(30)25(31)23(19)29)20(27)14-10-17-8-11-18(26)12-9-17/h5,7-8,10-12,14,17,26,28-31H,4,6,9,13H2,1-3H3/b14-10?,16-7+. The molecule has 5 N–H and O–H groups in total. The summed E-state index contributed by atoms with van der Waals surface area (Å²) in [6, 6.07) is 0. The number of carbonyl (C=O) groups is 1. The first kappa shape index (κ1) is 23.9. The maximum absolute atomic E-state index is 12.6. The molecule has 0 amide bonds. The van der Waals surface area contributed by atoms with E-state index < -0.39 is 34.3 Å². The summed E-state index contributed by atoms with van der Waals surface area (Å²) in [5, 5.41) is 50.4. The van der Waals surface area contributed by atoms with Gasteiger partial charge in [0.15, 0.2) is 17.3 Å². The van der Waals surface area contributed by atoms with Gasteiger partial charge in [0, 0.05) is 5.56 Å². The molecular weight excluding hydrogens is 396 g/mol. The lowest BCUT2D eigenvalue weighted by atomic mass is 9.96. The largest absolute Gasteiger partial charge is 0.508 e. The lowest BCUT2D eigenvalue weighted by Gasteiger charge is -2.14. The van der Waals surface area contributed by atoms with Crippen LogP contribution in [-0.2, 0) is 6.42 Å². The van der Waals surface area contributed by atoms with Crippen LogP contribution in [0.1, 0.15) is 56.0 Å². The lowest BCUT2D eigenvalue weighted by Crippen LogP contribution is -2.02. The Labute approximate surface area is 182 Å². The molecule has 0 fully saturated rings. The van der Waals surface area contributed by atoms with Crippen molar-refractivity contribution in [3.63, 3.8) is 0 Å². The van der Waals surface area contributed by atoms with E-state index in [0.29, 0.717) is 6.42 Å². The Kier molecular flexibility index (Phi) is 8.14. The van der Waals surface area contributed by atoms with Gasteiger partial charge in [0.2, 0.25) is 5.75 Å². The molecule has 0 bridgehead atoms. The van der Waals surface area contributed by atoms with Crippen molar-refractivity contribution in [3.05, 3.63) is 70.6 Å². The second-order valence-corrected chi connectivity index (χ2v) is 7.93. The SMILES string of the molecule is CC(C)=CCC/C(C)=C/Cc1c(O)c(O)c(O)c(C(=O)C=CC2C=CC(O)=CC2)c1O. The number of aromatic hydroxyl groups is 4. The number of aliphatic hydroxyl groups is 1. The average molecular weight is 427 g/mol. The number of carbonyl (C=O) groups excluding carboxylic acids is 1. The summed E-state index contributed by atoms with van der Waals surface area (Å²) < 4.78 is 0. The molecule has 6 heteroatoms. The second-order valence-electron chi connectivity index (χ2n) is 7.93. The summed E-state index contributed by atoms with van der Waals surface area (Å²) in [6.07, 6.45) is 13.8. The predicted octanol–water partition coefficient (Wildman–Crippen LogP) is 5.50. The number of phenols is 4. The van der Waals surface area contributed by atoms with Gasteiger partial charge in [-0.05, 0) is 70.6 Å². The minimum atomic E-state index is -0.866. The number of hydrogen-bond donors (Lipinski definition) is 5. The van der Waals surface area contributed by atoms with Crippen LogP contribution in [0.4, 0.5) is 0 Å². The Morgan fingerprint density at radius 3 is 2.32 bits per heavy atom. The van der Waals surface area contributed by atoms with Crippen LogP contribution in [0.15, 0.2) is 59.4 Å². The Morgan fingerprint density at radius 2 is 1.71 bits per heavy atom. The quantitative estimate of drug-likeness (QED) is 0.123. The maximum atomic E-state index is 12.6. The number of ketones is 1. The van der Waals surface area contributed by atoms with Crippen molar-refractivity contribution in [3.8, 4) is 23.0 Å². The molecule has 0 radical (unpaired) electrons. The molecule has 2 rings (SSSR count). The van der Waals surface area contributed by atoms with Gasteiger partial charge in [-0.25, -0.2) is 0 Å². The molecule has 6 nitrogen and oxygen atoms in total. The lowest BCUT2D eigenvalue weighted by molar-refractivity contribution is 0.104. The van der Waals surface area contributed by atoms with Gasteiger partial charge in [0.25, 0.3) is 0 Å². The van der Waals surface area contributed by atoms with E-state index in [4.69, 9.17) is 0 Å². The molecule has 0 saturated carbocycles. The van der Waals surface area contributed by atoms with Crippen molar-refractivity contribution in [2.24, 2.45) is 5.92 Å². The van der Waals surface area contributed by atoms with Gasteiger partial charge >= 0.3 is 0 Å². The summed E-state index contributed by atoms with van der Waals surface area (Å²) in [6.45, 7) is 5.96. The number of aliphatic hydroxyl groups excluding tert-OH is 1. The van der Waals surface area contributed by atoms with Crippen molar-refractivity contribution >= 4 is 5.78 Å². The zero-order chi connectivity index (χ0) is 23.1. The Balaban J connectivity index is 2.27. The molecule has 1 aliphatic carbocycles. The van der Waals surface area contributed by atoms with Crippen molar-refractivity contribution in [1.29, 1.82) is 0 Å². The fourth-order valence-corrected chi connectivity index (χ4v) is 3.20. The van der Waals surface area contributed by atoms with E-state index >= 15 is 0 Å². The van der Waals surface area contributed by atoms with Gasteiger partial charge in [-0.1, -0.05) is 35.5 Å². The molecule has 0 heterocycles. The first-order valence-electron chi connectivity index (χ1n) is 10.2. The molecule has 0 saturated heterocycles. The molecule has 0 aliphatic heterocycles. The Hall–Kier alpha value is -3.41. The van der Waals surface area contributed by atoms with Crippen molar-refractivity contribution in [2.75, 3.05) is 0 Å². The third-order valence-electron chi connectivity index (χ3n) is 5.09. The van der Waals surface area contributed by atoms with Crippen molar-refractivity contribution in [1.82, 2.24) is 0 Å². The van der Waals surface area contributed by atoms with E-state index in [2.05, 4.69) is 6.08 Å². The maximum Gasteiger partial charge on any atom is 0.201 e. The summed E-state index contributed by atoms with van der Waals surface area (Å²) in [4.78, 5) is 12.6. The van der Waals surface area contributed by atoms with Crippen LogP contribution >= 0.6 is 0 Å². The molecule has 166 valence electrons. The van der Waals surface area contributed by atoms with Gasteiger partial charge in [0.05, 0.1) is 0 Å². The third-order valence-corrected chi connectivity index (χ3v) is 5.09. The van der Waals surface area contributed by atoms with E-state index in [1.54, 1.807) is 24.3 Å². The average Bonchev–Trinajstić information content (AvgIpc) is 2.71. The molecule has 1 atom stereocenters. The van der Waals surface area contributed by atoms with Gasteiger partial charge < -0.3 is 25.5 Å². The zero-order valence-corrected chi connectivity index (χ0v) is 18.1. The van der Waals surface area contributed by atoms with Crippen molar-refractivity contribution in [2.45, 2.75) is 46.5 Å². The topological polar surface area (TPSA) is 118 Å². The summed E-state index contributed by atoms with van der Waals surface area (Å²) in [5.41, 5.74) is 1.76. The van der Waals surface area contributed by atoms with E-state index in [1.165, 1.54) is 17.7 Å². The first-order chi connectivity index (χ1) is 14.6. The third kappa shape index (κ3) is 6.28. The highest BCUT2D eigenvalue weighted by molar-refractivity contribution is 6.09. The van der Waals surface area contributed by atoms with E-state index in [-0.39, 0.29) is 23.7 Å². The molecule has 1 aromatic rings. The normalized spacial score (nSPS) is 16.4. The summed E-state index contributed by atoms with van der Waals surface area (Å²) in [7, 11) is 0. The smallest absolute Gasteiger partial charge is 0.201 e. The summed E-state index contributed by atoms with van der Waals surface area (Å²) >= 11 is 0. The molecule has 1 aliphatic rings. The number of allylic oxidation sites excluding steroid dienone is 9. The zero-order valence-electron chi connectivity index (χ0n) is 18.1. The number of hydrogen-bond acceptors (Lipinski definition) is 6. The minimum absolute atomic E-state index is 0.0287. The van der Waals surface area contributed by atoms with Crippen LogP contribution in [0.25, 0.3) is 0 Å². The fourth-order valence-electron chi connectivity index (χ4n) is 3.20. The van der Waals surface area contributed by atoms with Gasteiger partial charge in [-0.2, -0.15) is 0 Å². The van der Waals surface area contributed by atoms with E-state index in [1.807, 2.05) is 20.8 Å². The van der Waals surface area contributed by atoms with Crippen LogP contribution in [0, 0.1) is 5.92 Å². The first-order valence-corrected chi connectivity index (χ1v) is 10.2. The van der Waals surface area contributed by atoms with Gasteiger partial charge in [-0.15, -0.1) is 0 Å². The molecular formula is C25H30O6. The molecule has 0 spiro atoms. The van der Waals surface area contributed by atoms with Crippen LogP contribution in [0.3, 0.4) is 0 Å². The van der Waals surface area contributed by atoms with E-state index in [9.17, 15) is 30.3 Å². The number of phenolic OH excluding ortho intramolecular Hbond substituents is 4. The Bertz CT molecular complexity index is 988. The van der Waals surface area contributed by atoms with Crippen molar-refractivity contribution < 1.29 is 30.3 Å². The van der Waals surface area contributed by atoms with Crippen LogP contribution < -0.4 is 0 Å². The van der Waals surface area contributed by atoms with Crippen LogP contribution in [0.5, 0.6) is 23.0 Å². The highest BCUT2D eigenvalue weighted by atomic mass is 16.3. The monoisotopic (exact) mass is 426 g/mol. The molecule has 1 aromatic carbocycles. The highest BCUT2D eigenvalue weighted by Crippen LogP contribution is 2.47. The van der Waals surface area contributed by atoms with E-state index in [0.717, 1.165) is 18.4 Å². The predicted molar refractivity (Wildman–Crippen MR) is 121 cm³/mol. The number of rotatable bonds is 8. The minimum Gasteiger partial charge on any atom is -0.508 e. The number of benzene rings is 1. The van der Waals surface area contributed by atoms with Crippen LogP contribution in [0.2, 0.25) is 0 Å². The van der Waals surface area contributed by atoms with Gasteiger partial charge in [-0.3, -0.25) is 4.79 Å². The molecule has 1 unspecified atom stereocenters. The van der Waals surface area contributed by atoms with Crippen LogP contribution in [-0.4, -0.2) is 31.3 Å². The fraction of sp³-hybridized carbons (Fsp3) is 0.320. The van der Waals surface area contributed by atoms with Gasteiger partial charge in [0.1, 0.15) is 17.1 Å². The molecule has 0 aromatic heterocycles. The summed E-state index contributed by atoms with van der Waals surface area (Å²) in [5.74, 6) is -3.60. The second kappa shape index (κ2) is 10.6. The Morgan fingerprint density at radius 1 is 1.00 bits per heavy atom. The molecule has 31 heavy (non-hydrogen) atoms. The highest BCUT2D eigenvalue weighted by Gasteiger charge is 2.26.